The van der Waals surface area contributed by atoms with E-state index >= 15 is 4.39 Å². The zero-order valence-corrected chi connectivity index (χ0v) is 26.0. The van der Waals surface area contributed by atoms with Gasteiger partial charge < -0.3 is 10.1 Å². The molecule has 11 heteroatoms. The normalized spacial score (nSPS) is 13.2. The summed E-state index contributed by atoms with van der Waals surface area (Å²) < 4.78 is 23.9. The average molecular weight is 603 g/mol. The molecule has 2 heterocycles. The maximum absolute atomic E-state index is 15.2. The van der Waals surface area contributed by atoms with Crippen molar-refractivity contribution in [3.8, 4) is 16.8 Å². The summed E-state index contributed by atoms with van der Waals surface area (Å²) in [5.41, 5.74) is 2.81. The number of halogens is 1. The lowest BCUT2D eigenvalue weighted by atomic mass is 10.1. The maximum Gasteiger partial charge on any atom is 0.258 e. The highest BCUT2D eigenvalue weighted by atomic mass is 28.3. The summed E-state index contributed by atoms with van der Waals surface area (Å²) in [5.74, 6) is -0.452. The molecule has 1 aliphatic rings. The van der Waals surface area contributed by atoms with Crippen LogP contribution in [0.15, 0.2) is 67.0 Å². The van der Waals surface area contributed by atoms with Crippen LogP contribution < -0.4 is 10.6 Å². The number of carbonyl (C=O) groups is 2. The van der Waals surface area contributed by atoms with Gasteiger partial charge in [0, 0.05) is 44.6 Å². The molecule has 2 aromatic heterocycles. The van der Waals surface area contributed by atoms with Crippen LogP contribution >= 0.6 is 0 Å². The lowest BCUT2D eigenvalue weighted by Gasteiger charge is -2.15. The fraction of sp³-hybridized carbons (Fsp3) is 0.375. The zero-order valence-electron chi connectivity index (χ0n) is 25.0. The van der Waals surface area contributed by atoms with Crippen molar-refractivity contribution >= 4 is 25.8 Å². The number of aryl methyl sites for hydroxylation is 1. The van der Waals surface area contributed by atoms with Crippen LogP contribution in [0, 0.1) is 5.95 Å². The van der Waals surface area contributed by atoms with Gasteiger partial charge in [0.15, 0.2) is 0 Å². The first-order valence-corrected chi connectivity index (χ1v) is 18.5. The lowest BCUT2D eigenvalue weighted by molar-refractivity contribution is -0.121. The second-order valence-corrected chi connectivity index (χ2v) is 17.8. The lowest BCUT2D eigenvalue weighted by Crippen LogP contribution is -2.25. The van der Waals surface area contributed by atoms with Crippen LogP contribution in [0.2, 0.25) is 25.7 Å². The Hall–Kier alpha value is -4.09. The summed E-state index contributed by atoms with van der Waals surface area (Å²) in [6, 6.07) is 17.7. The molecule has 2 N–H and O–H groups in total. The van der Waals surface area contributed by atoms with Gasteiger partial charge in [0.05, 0.1) is 17.5 Å². The molecule has 0 saturated heterocycles. The zero-order chi connectivity index (χ0) is 30.4. The van der Waals surface area contributed by atoms with E-state index in [4.69, 9.17) is 4.74 Å². The van der Waals surface area contributed by atoms with Crippen molar-refractivity contribution < 1.29 is 18.7 Å². The number of rotatable bonds is 14. The standard InChI is InChI=1S/C32H39FN6O3Si/c1-43(2,3)18-17-42-22-39-30(33)28(20-34-39)23-9-7-10-24(19-23)31(41)37-32-36-26(11-8-14-29(40)35-25-15-16-25)21-38(32)27-12-5-4-6-13-27/h4-7,9-10,12-13,19-21,25H,8,11,14-18,22H2,1-3H3,(H,35,40)(H,36,37,41). The molecule has 0 aliphatic heterocycles. The molecule has 226 valence electrons. The minimum absolute atomic E-state index is 0.0339. The van der Waals surface area contributed by atoms with Crippen LogP contribution in [0.4, 0.5) is 10.3 Å². The maximum atomic E-state index is 15.2. The second kappa shape index (κ2) is 13.5. The molecule has 0 radical (unpaired) electrons. The highest BCUT2D eigenvalue weighted by Crippen LogP contribution is 2.25. The molecule has 43 heavy (non-hydrogen) atoms. The van der Waals surface area contributed by atoms with Gasteiger partial charge in [0.25, 0.3) is 5.91 Å². The third-order valence-corrected chi connectivity index (χ3v) is 8.92. The topological polar surface area (TPSA) is 103 Å². The van der Waals surface area contributed by atoms with E-state index in [0.717, 1.165) is 30.3 Å². The number of anilines is 1. The number of nitrogens with zero attached hydrogens (tertiary/aromatic N) is 4. The van der Waals surface area contributed by atoms with Gasteiger partial charge in [-0.15, -0.1) is 0 Å². The molecule has 2 aromatic carbocycles. The number of amides is 2. The number of hydrogen-bond acceptors (Lipinski definition) is 5. The van der Waals surface area contributed by atoms with Gasteiger partial charge in [-0.3, -0.25) is 19.5 Å². The summed E-state index contributed by atoms with van der Waals surface area (Å²) >= 11 is 0. The monoisotopic (exact) mass is 602 g/mol. The first kappa shape index (κ1) is 30.4. The van der Waals surface area contributed by atoms with Gasteiger partial charge in [-0.1, -0.05) is 50.0 Å². The van der Waals surface area contributed by atoms with Gasteiger partial charge >= 0.3 is 0 Å². The summed E-state index contributed by atoms with van der Waals surface area (Å²) in [7, 11) is -1.24. The molecule has 0 unspecified atom stereocenters. The Labute approximate surface area is 252 Å². The van der Waals surface area contributed by atoms with Crippen LogP contribution in [0.1, 0.15) is 41.7 Å². The quantitative estimate of drug-likeness (QED) is 0.135. The Bertz CT molecular complexity index is 1560. The van der Waals surface area contributed by atoms with E-state index in [1.807, 2.05) is 41.1 Å². The van der Waals surface area contributed by atoms with E-state index in [1.165, 1.54) is 10.9 Å². The fourth-order valence-electron chi connectivity index (χ4n) is 4.57. The Balaban J connectivity index is 1.27. The van der Waals surface area contributed by atoms with Crippen molar-refractivity contribution in [2.24, 2.45) is 0 Å². The van der Waals surface area contributed by atoms with Crippen molar-refractivity contribution in [3.63, 3.8) is 0 Å². The largest absolute Gasteiger partial charge is 0.359 e. The molecule has 1 aliphatic carbocycles. The third-order valence-electron chi connectivity index (χ3n) is 7.22. The molecular formula is C32H39FN6O3Si. The number of carbonyl (C=O) groups excluding carboxylic acids is 2. The first-order chi connectivity index (χ1) is 20.7. The molecule has 0 atom stereocenters. The Morgan fingerprint density at radius 2 is 1.88 bits per heavy atom. The Kier molecular flexibility index (Phi) is 9.51. The van der Waals surface area contributed by atoms with Crippen LogP contribution in [0.25, 0.3) is 16.8 Å². The molecular weight excluding hydrogens is 563 g/mol. The van der Waals surface area contributed by atoms with Crippen LogP contribution in [0.3, 0.4) is 0 Å². The summed E-state index contributed by atoms with van der Waals surface area (Å²) in [4.78, 5) is 30.2. The number of benzene rings is 2. The number of aromatic nitrogens is 4. The number of nitrogens with one attached hydrogen (secondary N) is 2. The molecule has 0 spiro atoms. The predicted molar refractivity (Wildman–Crippen MR) is 167 cm³/mol. The Morgan fingerprint density at radius 3 is 2.63 bits per heavy atom. The molecule has 0 bridgehead atoms. The van der Waals surface area contributed by atoms with Gasteiger partial charge in [-0.05, 0) is 61.6 Å². The number of para-hydroxylation sites is 1. The van der Waals surface area contributed by atoms with E-state index in [9.17, 15) is 9.59 Å². The van der Waals surface area contributed by atoms with Crippen molar-refractivity contribution in [3.05, 3.63) is 84.2 Å². The van der Waals surface area contributed by atoms with Gasteiger partial charge in [-0.25, -0.2) is 9.67 Å². The van der Waals surface area contributed by atoms with Crippen LogP contribution in [-0.2, 0) is 22.7 Å². The average Bonchev–Trinajstić information content (AvgIpc) is 3.59. The second-order valence-electron chi connectivity index (χ2n) is 12.2. The predicted octanol–water partition coefficient (Wildman–Crippen LogP) is 6.04. The van der Waals surface area contributed by atoms with Crippen LogP contribution in [0.5, 0.6) is 0 Å². The number of ether oxygens (including phenoxy) is 1. The Morgan fingerprint density at radius 1 is 1.09 bits per heavy atom. The molecule has 1 fully saturated rings. The van der Waals surface area contributed by atoms with E-state index in [1.54, 1.807) is 24.3 Å². The number of hydrogen-bond donors (Lipinski definition) is 2. The van der Waals surface area contributed by atoms with E-state index in [0.29, 0.717) is 54.5 Å². The minimum Gasteiger partial charge on any atom is -0.359 e. The van der Waals surface area contributed by atoms with Gasteiger partial charge in [-0.2, -0.15) is 9.49 Å². The molecule has 1 saturated carbocycles. The summed E-state index contributed by atoms with van der Waals surface area (Å²) in [6.07, 6.45) is 7.14. The van der Waals surface area contributed by atoms with E-state index in [-0.39, 0.29) is 18.5 Å². The van der Waals surface area contributed by atoms with E-state index in [2.05, 4.69) is 40.4 Å². The van der Waals surface area contributed by atoms with Crippen LogP contribution in [-0.4, -0.2) is 51.9 Å². The number of imidazole rings is 1. The van der Waals surface area contributed by atoms with Gasteiger partial charge in [0.2, 0.25) is 17.8 Å². The third kappa shape index (κ3) is 8.48. The SMILES string of the molecule is C[Si](C)(C)CCOCn1ncc(-c2cccc(C(=O)Nc3nc(CCCC(=O)NC4CC4)cn3-c3ccccc3)c2)c1F. The van der Waals surface area contributed by atoms with E-state index < -0.39 is 14.0 Å². The summed E-state index contributed by atoms with van der Waals surface area (Å²) in [5, 5.41) is 10.1. The molecule has 4 aromatic rings. The molecule has 2 amide bonds. The highest BCUT2D eigenvalue weighted by Gasteiger charge is 2.23. The van der Waals surface area contributed by atoms with Crippen molar-refractivity contribution in [1.29, 1.82) is 0 Å². The smallest absolute Gasteiger partial charge is 0.258 e. The fourth-order valence-corrected chi connectivity index (χ4v) is 5.32. The van der Waals surface area contributed by atoms with Crippen molar-refractivity contribution in [2.45, 2.75) is 70.6 Å². The van der Waals surface area contributed by atoms with Crippen molar-refractivity contribution in [1.82, 2.24) is 24.6 Å². The molecule has 9 nitrogen and oxygen atoms in total. The molecule has 5 rings (SSSR count). The minimum atomic E-state index is -1.24. The van der Waals surface area contributed by atoms with Gasteiger partial charge in [0.1, 0.15) is 6.73 Å². The van der Waals surface area contributed by atoms with Crippen molar-refractivity contribution in [2.75, 3.05) is 11.9 Å². The highest BCUT2D eigenvalue weighted by molar-refractivity contribution is 6.76. The first-order valence-electron chi connectivity index (χ1n) is 14.8. The summed E-state index contributed by atoms with van der Waals surface area (Å²) in [6.45, 7) is 7.39.